The Morgan fingerprint density at radius 1 is 0.478 bits per heavy atom. The summed E-state index contributed by atoms with van der Waals surface area (Å²) in [5, 5.41) is 2.23. The molecule has 354 valence electrons. The van der Waals surface area contributed by atoms with Gasteiger partial charge in [-0.05, 0) is 74.2 Å². The van der Waals surface area contributed by atoms with Crippen LogP contribution in [0.25, 0.3) is 27.6 Å². The number of aromatic nitrogens is 2. The van der Waals surface area contributed by atoms with Gasteiger partial charge in [-0.2, -0.15) is 6.07 Å². The summed E-state index contributed by atoms with van der Waals surface area (Å²) in [5.74, 6) is 2.10. The first kappa shape index (κ1) is 49.8. The first-order chi connectivity index (χ1) is 30.6. The monoisotopic (exact) mass is 1070 g/mol. The summed E-state index contributed by atoms with van der Waals surface area (Å²) in [6.07, 6.45) is 1.93. The second-order valence-corrected chi connectivity index (χ2v) is 24.1. The largest absolute Gasteiger partial charge is 0.509 e. The maximum absolute atomic E-state index is 6.96. The van der Waals surface area contributed by atoms with Gasteiger partial charge in [0.15, 0.2) is 0 Å². The van der Waals surface area contributed by atoms with E-state index in [1.54, 1.807) is 0 Å². The number of nitrogens with zero attached hydrogens (tertiary/aromatic N) is 4. The third kappa shape index (κ3) is 9.78. The molecule has 0 atom stereocenters. The molecule has 0 saturated carbocycles. The van der Waals surface area contributed by atoms with Crippen LogP contribution < -0.4 is 14.5 Å². The second kappa shape index (κ2) is 17.4. The molecule has 0 N–H and O–H groups in total. The van der Waals surface area contributed by atoms with Gasteiger partial charge in [0.1, 0.15) is 5.82 Å². The van der Waals surface area contributed by atoms with Gasteiger partial charge < -0.3 is 19.1 Å². The Labute approximate surface area is 416 Å². The number of rotatable bonds is 7. The van der Waals surface area contributed by atoms with Crippen molar-refractivity contribution in [3.8, 4) is 17.3 Å². The van der Waals surface area contributed by atoms with Gasteiger partial charge in [-0.1, -0.05) is 178 Å². The van der Waals surface area contributed by atoms with Crippen molar-refractivity contribution >= 4 is 33.2 Å². The fourth-order valence-corrected chi connectivity index (χ4v) is 9.27. The number of hydrogen-bond donors (Lipinski definition) is 0. The van der Waals surface area contributed by atoms with Crippen molar-refractivity contribution in [1.29, 1.82) is 0 Å². The molecule has 5 nitrogen and oxygen atoms in total. The molecule has 0 saturated heterocycles. The Morgan fingerprint density at radius 3 is 1.64 bits per heavy atom. The SMILES string of the molecule is CC(C)(C)C1=C(C(C)(C)C)N(c2cc(C(C)(C)C)cc(C(C)(C)C)c2)[CH-]N1c1[c-]c(Oc2[c-]c3c(cc2)c2ccccc2n3-c2cc(C(C)(C)c3ccccc3)ccn2)cc(C(C)(C)C)c1.[Pt]. The minimum atomic E-state index is -0.230. The molecule has 2 aromatic heterocycles. The summed E-state index contributed by atoms with van der Waals surface area (Å²) < 4.78 is 9.19. The minimum Gasteiger partial charge on any atom is -0.509 e. The molecule has 6 heteroatoms. The summed E-state index contributed by atoms with van der Waals surface area (Å²) >= 11 is 0. The van der Waals surface area contributed by atoms with Crippen molar-refractivity contribution in [2.75, 3.05) is 9.80 Å². The Hall–Kier alpha value is -5.12. The first-order valence-corrected chi connectivity index (χ1v) is 23.7. The van der Waals surface area contributed by atoms with Gasteiger partial charge in [-0.25, -0.2) is 4.98 Å². The van der Waals surface area contributed by atoms with E-state index in [1.165, 1.54) is 39.3 Å². The topological polar surface area (TPSA) is 33.5 Å². The van der Waals surface area contributed by atoms with Gasteiger partial charge >= 0.3 is 0 Å². The fraction of sp³-hybridized carbons (Fsp3) is 0.377. The normalized spacial score (nSPS) is 14.3. The van der Waals surface area contributed by atoms with E-state index in [2.05, 4.69) is 254 Å². The summed E-state index contributed by atoms with van der Waals surface area (Å²) in [5.41, 5.74) is 12.0. The van der Waals surface area contributed by atoms with Crippen molar-refractivity contribution in [2.45, 2.75) is 139 Å². The number of fused-ring (bicyclic) bond motifs is 3. The van der Waals surface area contributed by atoms with E-state index < -0.39 is 0 Å². The Morgan fingerprint density at radius 2 is 1.04 bits per heavy atom. The van der Waals surface area contributed by atoms with E-state index in [0.717, 1.165) is 38.9 Å². The zero-order valence-corrected chi connectivity index (χ0v) is 45.3. The van der Waals surface area contributed by atoms with Crippen LogP contribution in [0.1, 0.15) is 146 Å². The van der Waals surface area contributed by atoms with E-state index in [1.807, 2.05) is 12.3 Å². The molecule has 67 heavy (non-hydrogen) atoms. The van der Waals surface area contributed by atoms with Crippen LogP contribution in [-0.2, 0) is 42.7 Å². The molecule has 3 heterocycles. The molecule has 0 unspecified atom stereocenters. The first-order valence-electron chi connectivity index (χ1n) is 23.7. The third-order valence-corrected chi connectivity index (χ3v) is 13.2. The number of para-hydroxylation sites is 1. The third-order valence-electron chi connectivity index (χ3n) is 13.2. The molecule has 5 aromatic carbocycles. The Kier molecular flexibility index (Phi) is 13.0. The molecule has 7 aromatic rings. The maximum Gasteiger partial charge on any atom is 0.135 e. The summed E-state index contributed by atoms with van der Waals surface area (Å²) in [4.78, 5) is 9.82. The molecule has 0 radical (unpaired) electrons. The standard InChI is InChI=1S/C61H71N4O.Pt/c1-56(2,3)42-31-43(57(4,5)6)33-45(32-42)63-39-64(55(60(13,14)15)54(63)59(10,11)12)46-34-44(58(7,8)9)35-48(37-46)66-47-27-28-50-49-25-21-22-26-51(49)65(52(50)38-47)53-36-41(29-30-62-53)61(16,17)40-23-19-18-20-24-40;/h18-36,39H,1-17H3;/q-3;. The summed E-state index contributed by atoms with van der Waals surface area (Å²) in [7, 11) is 0. The summed E-state index contributed by atoms with van der Waals surface area (Å²) in [6.45, 7) is 41.5. The zero-order valence-electron chi connectivity index (χ0n) is 43.1. The Balaban J connectivity index is 0.00000666. The zero-order chi connectivity index (χ0) is 47.9. The smallest absolute Gasteiger partial charge is 0.135 e. The molecule has 0 fully saturated rings. The number of allylic oxidation sites excluding steroid dienone is 2. The van der Waals surface area contributed by atoms with Crippen molar-refractivity contribution < 1.29 is 25.8 Å². The van der Waals surface area contributed by atoms with Crippen LogP contribution in [0.5, 0.6) is 11.5 Å². The van der Waals surface area contributed by atoms with Gasteiger partial charge in [0.25, 0.3) is 0 Å². The molecule has 1 aliphatic rings. The van der Waals surface area contributed by atoms with Crippen LogP contribution >= 0.6 is 0 Å². The van der Waals surface area contributed by atoms with Gasteiger partial charge in [0.2, 0.25) is 0 Å². The van der Waals surface area contributed by atoms with Crippen molar-refractivity contribution in [1.82, 2.24) is 9.55 Å². The average molecular weight is 1070 g/mol. The molecular weight excluding hydrogens is 1000 g/mol. The van der Waals surface area contributed by atoms with Crippen molar-refractivity contribution in [3.05, 3.63) is 173 Å². The van der Waals surface area contributed by atoms with Crippen molar-refractivity contribution in [2.24, 2.45) is 10.8 Å². The number of anilines is 2. The molecule has 0 amide bonds. The maximum atomic E-state index is 6.96. The number of pyridine rings is 1. The van der Waals surface area contributed by atoms with E-state index in [0.29, 0.717) is 11.5 Å². The van der Waals surface area contributed by atoms with Crippen LogP contribution in [0.3, 0.4) is 0 Å². The minimum absolute atomic E-state index is 0. The average Bonchev–Trinajstić information content (AvgIpc) is 3.81. The van der Waals surface area contributed by atoms with Crippen LogP contribution in [0, 0.1) is 29.6 Å². The number of benzene rings is 5. The molecule has 0 aliphatic carbocycles. The molecule has 0 spiro atoms. The Bertz CT molecular complexity index is 2940. The van der Waals surface area contributed by atoms with Gasteiger partial charge in [0, 0.05) is 77.6 Å². The summed E-state index contributed by atoms with van der Waals surface area (Å²) in [6, 6.07) is 46.9. The number of hydrogen-bond acceptors (Lipinski definition) is 4. The van der Waals surface area contributed by atoms with E-state index >= 15 is 0 Å². The van der Waals surface area contributed by atoms with E-state index in [9.17, 15) is 0 Å². The van der Waals surface area contributed by atoms with Gasteiger partial charge in [0.05, 0.1) is 0 Å². The van der Waals surface area contributed by atoms with E-state index in [4.69, 9.17) is 9.72 Å². The van der Waals surface area contributed by atoms with Gasteiger partial charge in [-0.15, -0.1) is 53.6 Å². The quantitative estimate of drug-likeness (QED) is 0.149. The van der Waals surface area contributed by atoms with Gasteiger partial charge in [-0.3, -0.25) is 0 Å². The molecule has 8 rings (SSSR count). The van der Waals surface area contributed by atoms with Crippen molar-refractivity contribution in [3.63, 3.8) is 0 Å². The van der Waals surface area contributed by atoms with Crippen LogP contribution in [0.15, 0.2) is 127 Å². The predicted molar refractivity (Wildman–Crippen MR) is 279 cm³/mol. The molecule has 0 bridgehead atoms. The predicted octanol–water partition coefficient (Wildman–Crippen LogP) is 16.5. The number of ether oxygens (including phenoxy) is 1. The van der Waals surface area contributed by atoms with Crippen LogP contribution in [0.4, 0.5) is 11.4 Å². The van der Waals surface area contributed by atoms with E-state index in [-0.39, 0.29) is 53.6 Å². The second-order valence-electron chi connectivity index (χ2n) is 24.1. The fourth-order valence-electron chi connectivity index (χ4n) is 9.27. The molecular formula is C61H71N4OPt-3. The van der Waals surface area contributed by atoms with Crippen LogP contribution in [-0.4, -0.2) is 9.55 Å². The molecule has 1 aliphatic heterocycles. The van der Waals surface area contributed by atoms with Crippen LogP contribution in [0.2, 0.25) is 0 Å².